The molecular formula is C12H6BrClFN3O. The third-order valence-corrected chi connectivity index (χ3v) is 3.70. The molecule has 0 aliphatic heterocycles. The van der Waals surface area contributed by atoms with Crippen LogP contribution in [0, 0.1) is 17.1 Å². The van der Waals surface area contributed by atoms with E-state index in [9.17, 15) is 9.18 Å². The van der Waals surface area contributed by atoms with Crippen molar-refractivity contribution < 1.29 is 4.39 Å². The summed E-state index contributed by atoms with van der Waals surface area (Å²) in [4.78, 5) is 15.7. The fraction of sp³-hybridized carbons (Fsp3) is 0.0833. The Morgan fingerprint density at radius 1 is 1.53 bits per heavy atom. The van der Waals surface area contributed by atoms with Crippen molar-refractivity contribution in [3.8, 4) is 6.07 Å². The minimum Gasteiger partial charge on any atom is -0.294 e. The Morgan fingerprint density at radius 3 is 2.95 bits per heavy atom. The van der Waals surface area contributed by atoms with E-state index in [0.717, 1.165) is 0 Å². The SMILES string of the molecule is N#Cc1ccc(F)cc1Cn1cnc(Cl)c(Br)c1=O. The van der Waals surface area contributed by atoms with Crippen LogP contribution in [0.25, 0.3) is 0 Å². The molecule has 0 fully saturated rings. The van der Waals surface area contributed by atoms with Crippen molar-refractivity contribution in [2.24, 2.45) is 0 Å². The second-order valence-corrected chi connectivity index (χ2v) is 4.85. The third-order valence-electron chi connectivity index (χ3n) is 2.47. The van der Waals surface area contributed by atoms with Crippen molar-refractivity contribution in [2.45, 2.75) is 6.54 Å². The molecule has 19 heavy (non-hydrogen) atoms. The molecule has 2 rings (SSSR count). The van der Waals surface area contributed by atoms with Gasteiger partial charge in [-0.1, -0.05) is 11.6 Å². The molecule has 0 bridgehead atoms. The van der Waals surface area contributed by atoms with Gasteiger partial charge in [-0.05, 0) is 39.7 Å². The second-order valence-electron chi connectivity index (χ2n) is 3.70. The summed E-state index contributed by atoms with van der Waals surface area (Å²) in [7, 11) is 0. The summed E-state index contributed by atoms with van der Waals surface area (Å²) in [5, 5.41) is 9.01. The van der Waals surface area contributed by atoms with Crippen LogP contribution in [0.4, 0.5) is 4.39 Å². The summed E-state index contributed by atoms with van der Waals surface area (Å²) < 4.78 is 14.6. The van der Waals surface area contributed by atoms with E-state index < -0.39 is 11.4 Å². The van der Waals surface area contributed by atoms with E-state index in [2.05, 4.69) is 20.9 Å². The van der Waals surface area contributed by atoms with Gasteiger partial charge in [0.1, 0.15) is 10.3 Å². The fourth-order valence-corrected chi connectivity index (χ4v) is 2.00. The van der Waals surface area contributed by atoms with E-state index in [1.165, 1.54) is 29.1 Å². The summed E-state index contributed by atoms with van der Waals surface area (Å²) in [5.74, 6) is -0.469. The van der Waals surface area contributed by atoms with E-state index in [1.54, 1.807) is 0 Å². The fourth-order valence-electron chi connectivity index (χ4n) is 1.54. The lowest BCUT2D eigenvalue weighted by Gasteiger charge is -2.08. The van der Waals surface area contributed by atoms with Gasteiger partial charge in [-0.3, -0.25) is 9.36 Å². The first kappa shape index (κ1) is 13.7. The molecule has 4 nitrogen and oxygen atoms in total. The predicted molar refractivity (Wildman–Crippen MR) is 71.4 cm³/mol. The van der Waals surface area contributed by atoms with Crippen LogP contribution in [0.2, 0.25) is 5.15 Å². The smallest absolute Gasteiger partial charge is 0.269 e. The number of rotatable bonds is 2. The Bertz CT molecular complexity index is 739. The molecule has 2 aromatic rings. The molecule has 0 saturated heterocycles. The van der Waals surface area contributed by atoms with Crippen LogP contribution in [0.1, 0.15) is 11.1 Å². The number of halogens is 3. The maximum atomic E-state index is 13.2. The van der Waals surface area contributed by atoms with Crippen LogP contribution < -0.4 is 5.56 Å². The Labute approximate surface area is 121 Å². The third kappa shape index (κ3) is 2.83. The lowest BCUT2D eigenvalue weighted by molar-refractivity contribution is 0.621. The van der Waals surface area contributed by atoms with Gasteiger partial charge in [-0.15, -0.1) is 0 Å². The van der Waals surface area contributed by atoms with Gasteiger partial charge in [0.05, 0.1) is 24.5 Å². The van der Waals surface area contributed by atoms with Gasteiger partial charge in [-0.2, -0.15) is 5.26 Å². The van der Waals surface area contributed by atoms with Gasteiger partial charge in [0.25, 0.3) is 5.56 Å². The second kappa shape index (κ2) is 5.51. The van der Waals surface area contributed by atoms with Gasteiger partial charge >= 0.3 is 0 Å². The van der Waals surface area contributed by atoms with E-state index in [1.807, 2.05) is 6.07 Å². The number of hydrogen-bond donors (Lipinski definition) is 0. The van der Waals surface area contributed by atoms with Crippen molar-refractivity contribution in [3.63, 3.8) is 0 Å². The van der Waals surface area contributed by atoms with Gasteiger partial charge in [0.15, 0.2) is 5.15 Å². The predicted octanol–water partition coefficient (Wildman–Crippen LogP) is 2.72. The number of aromatic nitrogens is 2. The van der Waals surface area contributed by atoms with Crippen LogP contribution in [-0.2, 0) is 6.54 Å². The Kier molecular flexibility index (Phi) is 3.98. The van der Waals surface area contributed by atoms with Gasteiger partial charge in [0.2, 0.25) is 0 Å². The molecule has 0 spiro atoms. The monoisotopic (exact) mass is 341 g/mol. The van der Waals surface area contributed by atoms with Gasteiger partial charge in [-0.25, -0.2) is 9.37 Å². The van der Waals surface area contributed by atoms with Crippen molar-refractivity contribution in [2.75, 3.05) is 0 Å². The molecule has 0 aliphatic carbocycles. The first-order chi connectivity index (χ1) is 9.02. The number of nitrogens with zero attached hydrogens (tertiary/aromatic N) is 3. The molecule has 0 amide bonds. The molecule has 0 saturated carbocycles. The van der Waals surface area contributed by atoms with Gasteiger partial charge < -0.3 is 0 Å². The zero-order valence-electron chi connectivity index (χ0n) is 9.40. The van der Waals surface area contributed by atoms with Crippen molar-refractivity contribution >= 4 is 27.5 Å². The quantitative estimate of drug-likeness (QED) is 0.789. The highest BCUT2D eigenvalue weighted by Crippen LogP contribution is 2.15. The van der Waals surface area contributed by atoms with Crippen molar-refractivity contribution in [1.29, 1.82) is 5.26 Å². The first-order valence-electron chi connectivity index (χ1n) is 5.12. The molecule has 1 aromatic carbocycles. The van der Waals surface area contributed by atoms with E-state index in [4.69, 9.17) is 16.9 Å². The van der Waals surface area contributed by atoms with Gasteiger partial charge in [0, 0.05) is 0 Å². The molecule has 96 valence electrons. The maximum absolute atomic E-state index is 13.2. The van der Waals surface area contributed by atoms with Crippen molar-refractivity contribution in [1.82, 2.24) is 9.55 Å². The molecular weight excluding hydrogens is 337 g/mol. The van der Waals surface area contributed by atoms with Crippen LogP contribution in [0.15, 0.2) is 33.8 Å². The molecule has 1 aromatic heterocycles. The van der Waals surface area contributed by atoms with E-state index in [0.29, 0.717) is 11.1 Å². The number of nitriles is 1. The van der Waals surface area contributed by atoms with Crippen LogP contribution >= 0.6 is 27.5 Å². The molecule has 0 unspecified atom stereocenters. The molecule has 0 radical (unpaired) electrons. The lowest BCUT2D eigenvalue weighted by atomic mass is 10.1. The zero-order chi connectivity index (χ0) is 14.0. The normalized spacial score (nSPS) is 10.2. The Balaban J connectivity index is 2.48. The average Bonchev–Trinajstić information content (AvgIpc) is 2.40. The number of benzene rings is 1. The molecule has 0 aliphatic rings. The molecule has 7 heteroatoms. The highest BCUT2D eigenvalue weighted by atomic mass is 79.9. The van der Waals surface area contributed by atoms with E-state index >= 15 is 0 Å². The minimum atomic E-state index is -0.469. The Hall–Kier alpha value is -1.71. The summed E-state index contributed by atoms with van der Waals surface area (Å²) >= 11 is 8.72. The molecule has 0 atom stereocenters. The summed E-state index contributed by atoms with van der Waals surface area (Å²) in [6, 6.07) is 5.73. The molecule has 0 N–H and O–H groups in total. The largest absolute Gasteiger partial charge is 0.294 e. The molecule has 1 heterocycles. The Morgan fingerprint density at radius 2 is 2.26 bits per heavy atom. The van der Waals surface area contributed by atoms with Crippen LogP contribution in [-0.4, -0.2) is 9.55 Å². The topological polar surface area (TPSA) is 58.7 Å². The summed E-state index contributed by atoms with van der Waals surface area (Å²) in [5.41, 5.74) is 0.313. The van der Waals surface area contributed by atoms with Crippen molar-refractivity contribution in [3.05, 3.63) is 61.5 Å². The zero-order valence-corrected chi connectivity index (χ0v) is 11.7. The number of hydrogen-bond acceptors (Lipinski definition) is 3. The standard InChI is InChI=1S/C12H6BrClFN3O/c13-10-11(14)17-6-18(12(10)19)5-8-3-9(15)2-1-7(8)4-16/h1-3,6H,5H2. The maximum Gasteiger partial charge on any atom is 0.269 e. The summed E-state index contributed by atoms with van der Waals surface area (Å²) in [6.45, 7) is 0.0439. The highest BCUT2D eigenvalue weighted by molar-refractivity contribution is 9.10. The van der Waals surface area contributed by atoms with Crippen LogP contribution in [0.3, 0.4) is 0 Å². The summed E-state index contributed by atoms with van der Waals surface area (Å²) in [6.07, 6.45) is 1.25. The minimum absolute atomic E-state index is 0.0439. The lowest BCUT2D eigenvalue weighted by Crippen LogP contribution is -2.22. The average molecular weight is 343 g/mol. The highest BCUT2D eigenvalue weighted by Gasteiger charge is 2.10. The first-order valence-corrected chi connectivity index (χ1v) is 6.29. The van der Waals surface area contributed by atoms with Crippen LogP contribution in [0.5, 0.6) is 0 Å². The van der Waals surface area contributed by atoms with E-state index in [-0.39, 0.29) is 16.2 Å².